The van der Waals surface area contributed by atoms with Crippen molar-refractivity contribution in [2.24, 2.45) is 11.7 Å². The molecule has 0 saturated heterocycles. The van der Waals surface area contributed by atoms with Crippen LogP contribution < -0.4 is 11.1 Å². The fourth-order valence-electron chi connectivity index (χ4n) is 2.94. The molecule has 0 aliphatic heterocycles. The fourth-order valence-corrected chi connectivity index (χ4v) is 2.94. The fraction of sp³-hybridized carbons (Fsp3) is 0.857. The van der Waals surface area contributed by atoms with Crippen LogP contribution in [0.25, 0.3) is 0 Å². The summed E-state index contributed by atoms with van der Waals surface area (Å²) in [5, 5.41) is 11.3. The smallest absolute Gasteiger partial charge is 0.303 e. The van der Waals surface area contributed by atoms with Crippen LogP contribution >= 0.6 is 0 Å². The molecule has 1 saturated carbocycles. The highest BCUT2D eigenvalue weighted by Crippen LogP contribution is 2.28. The van der Waals surface area contributed by atoms with Gasteiger partial charge in [0.2, 0.25) is 5.91 Å². The first-order valence-electron chi connectivity index (χ1n) is 7.51. The minimum atomic E-state index is -0.828. The number of nitrogens with two attached hydrogens (primary N) is 1. The molecule has 4 N–H and O–H groups in total. The highest BCUT2D eigenvalue weighted by atomic mass is 16.4. The summed E-state index contributed by atoms with van der Waals surface area (Å²) in [5.41, 5.74) is 5.79. The van der Waals surface area contributed by atoms with Gasteiger partial charge in [0.05, 0.1) is 6.54 Å². The Morgan fingerprint density at radius 3 is 2.75 bits per heavy atom. The first-order chi connectivity index (χ1) is 9.58. The van der Waals surface area contributed by atoms with Crippen LogP contribution in [0.3, 0.4) is 0 Å². The summed E-state index contributed by atoms with van der Waals surface area (Å²) in [7, 11) is 0. The van der Waals surface area contributed by atoms with Gasteiger partial charge in [-0.3, -0.25) is 14.5 Å². The number of carbonyl (C=O) groups excluding carboxylic acids is 1. The van der Waals surface area contributed by atoms with Gasteiger partial charge in [0.1, 0.15) is 0 Å². The SMILES string of the molecule is CCN(CC(=O)NCCCC(=O)O)C1CCCC1CN. The molecule has 2 atom stereocenters. The Bertz CT molecular complexity index is 323. The van der Waals surface area contributed by atoms with Gasteiger partial charge in [-0.2, -0.15) is 0 Å². The third kappa shape index (κ3) is 5.46. The maximum absolute atomic E-state index is 11.9. The number of nitrogens with zero attached hydrogens (tertiary/aromatic N) is 1. The number of amides is 1. The summed E-state index contributed by atoms with van der Waals surface area (Å²) in [5.74, 6) is -0.360. The van der Waals surface area contributed by atoms with Crippen LogP contribution in [0.15, 0.2) is 0 Å². The molecule has 1 aliphatic rings. The molecule has 20 heavy (non-hydrogen) atoms. The van der Waals surface area contributed by atoms with E-state index in [0.717, 1.165) is 19.4 Å². The quantitative estimate of drug-likeness (QED) is 0.534. The summed E-state index contributed by atoms with van der Waals surface area (Å²) >= 11 is 0. The zero-order valence-electron chi connectivity index (χ0n) is 12.3. The van der Waals surface area contributed by atoms with Crippen molar-refractivity contribution >= 4 is 11.9 Å². The number of likely N-dealkylation sites (N-methyl/N-ethyl adjacent to an activating group) is 1. The van der Waals surface area contributed by atoms with E-state index in [1.54, 1.807) is 0 Å². The highest BCUT2D eigenvalue weighted by molar-refractivity contribution is 5.78. The summed E-state index contributed by atoms with van der Waals surface area (Å²) in [6.07, 6.45) is 4.01. The van der Waals surface area contributed by atoms with Crippen molar-refractivity contribution in [1.82, 2.24) is 10.2 Å². The van der Waals surface area contributed by atoms with Crippen LogP contribution in [-0.2, 0) is 9.59 Å². The van der Waals surface area contributed by atoms with Gasteiger partial charge < -0.3 is 16.2 Å². The second kappa shape index (κ2) is 8.92. The molecule has 6 heteroatoms. The monoisotopic (exact) mass is 285 g/mol. The molecule has 6 nitrogen and oxygen atoms in total. The van der Waals surface area contributed by atoms with E-state index in [2.05, 4.69) is 17.1 Å². The second-order valence-corrected chi connectivity index (χ2v) is 5.40. The van der Waals surface area contributed by atoms with Gasteiger partial charge in [0, 0.05) is 19.0 Å². The Morgan fingerprint density at radius 1 is 1.40 bits per heavy atom. The summed E-state index contributed by atoms with van der Waals surface area (Å²) in [6.45, 7) is 4.38. The van der Waals surface area contributed by atoms with Gasteiger partial charge in [-0.15, -0.1) is 0 Å². The molecule has 1 fully saturated rings. The van der Waals surface area contributed by atoms with Crippen molar-refractivity contribution in [3.8, 4) is 0 Å². The minimum absolute atomic E-state index is 0.0279. The van der Waals surface area contributed by atoms with E-state index < -0.39 is 5.97 Å². The molecule has 0 aromatic rings. The third-order valence-electron chi connectivity index (χ3n) is 4.03. The van der Waals surface area contributed by atoms with Crippen molar-refractivity contribution in [3.63, 3.8) is 0 Å². The van der Waals surface area contributed by atoms with Crippen LogP contribution in [0.5, 0.6) is 0 Å². The van der Waals surface area contributed by atoms with E-state index >= 15 is 0 Å². The minimum Gasteiger partial charge on any atom is -0.481 e. The molecule has 116 valence electrons. The van der Waals surface area contributed by atoms with Crippen LogP contribution in [0.4, 0.5) is 0 Å². The maximum Gasteiger partial charge on any atom is 0.303 e. The van der Waals surface area contributed by atoms with Gasteiger partial charge in [-0.25, -0.2) is 0 Å². The Morgan fingerprint density at radius 2 is 2.15 bits per heavy atom. The lowest BCUT2D eigenvalue weighted by atomic mass is 10.0. The van der Waals surface area contributed by atoms with E-state index in [-0.39, 0.29) is 12.3 Å². The van der Waals surface area contributed by atoms with Crippen molar-refractivity contribution in [3.05, 3.63) is 0 Å². The standard InChI is InChI=1S/C14H27N3O3/c1-2-17(12-6-3-5-11(12)9-15)10-13(18)16-8-4-7-14(19)20/h11-12H,2-10,15H2,1H3,(H,16,18)(H,19,20). The highest BCUT2D eigenvalue weighted by Gasteiger charge is 2.31. The predicted octanol–water partition coefficient (Wildman–Crippen LogP) is 0.417. The average molecular weight is 285 g/mol. The van der Waals surface area contributed by atoms with Crippen LogP contribution in [0, 0.1) is 5.92 Å². The lowest BCUT2D eigenvalue weighted by Crippen LogP contribution is -2.45. The van der Waals surface area contributed by atoms with Crippen LogP contribution in [-0.4, -0.2) is 54.1 Å². The Hall–Kier alpha value is -1.14. The zero-order valence-corrected chi connectivity index (χ0v) is 12.3. The lowest BCUT2D eigenvalue weighted by molar-refractivity contribution is -0.137. The molecule has 0 radical (unpaired) electrons. The third-order valence-corrected chi connectivity index (χ3v) is 4.03. The van der Waals surface area contributed by atoms with E-state index in [1.165, 1.54) is 6.42 Å². The first kappa shape index (κ1) is 16.9. The molecule has 0 bridgehead atoms. The molecule has 1 rings (SSSR count). The number of carboxylic acid groups (broad SMARTS) is 1. The summed E-state index contributed by atoms with van der Waals surface area (Å²) in [6, 6.07) is 0.412. The molecular weight excluding hydrogens is 258 g/mol. The number of nitrogens with one attached hydrogen (secondary N) is 1. The van der Waals surface area contributed by atoms with Crippen molar-refractivity contribution in [1.29, 1.82) is 0 Å². The maximum atomic E-state index is 11.9. The Labute approximate surface area is 120 Å². The van der Waals surface area contributed by atoms with E-state index in [9.17, 15) is 9.59 Å². The topological polar surface area (TPSA) is 95.7 Å². The van der Waals surface area contributed by atoms with Crippen LogP contribution in [0.1, 0.15) is 39.0 Å². The predicted molar refractivity (Wildman–Crippen MR) is 77.3 cm³/mol. The zero-order chi connectivity index (χ0) is 15.0. The second-order valence-electron chi connectivity index (χ2n) is 5.40. The van der Waals surface area contributed by atoms with E-state index in [0.29, 0.717) is 38.0 Å². The van der Waals surface area contributed by atoms with Gasteiger partial charge in [0.25, 0.3) is 0 Å². The van der Waals surface area contributed by atoms with Crippen molar-refractivity contribution in [2.45, 2.75) is 45.1 Å². The molecular formula is C14H27N3O3. The number of carboxylic acids is 1. The number of hydrogen-bond donors (Lipinski definition) is 3. The number of rotatable bonds is 9. The molecule has 0 aromatic heterocycles. The molecule has 0 spiro atoms. The molecule has 1 aliphatic carbocycles. The van der Waals surface area contributed by atoms with Gasteiger partial charge >= 0.3 is 5.97 Å². The van der Waals surface area contributed by atoms with Crippen molar-refractivity contribution < 1.29 is 14.7 Å². The van der Waals surface area contributed by atoms with E-state index in [4.69, 9.17) is 10.8 Å². The van der Waals surface area contributed by atoms with Gasteiger partial charge in [-0.1, -0.05) is 13.3 Å². The molecule has 0 heterocycles. The van der Waals surface area contributed by atoms with Crippen LogP contribution in [0.2, 0.25) is 0 Å². The Balaban J connectivity index is 2.32. The average Bonchev–Trinajstić information content (AvgIpc) is 2.89. The summed E-state index contributed by atoms with van der Waals surface area (Å²) in [4.78, 5) is 24.4. The molecule has 1 amide bonds. The van der Waals surface area contributed by atoms with Gasteiger partial charge in [-0.05, 0) is 38.3 Å². The molecule has 2 unspecified atom stereocenters. The Kier molecular flexibility index (Phi) is 7.54. The van der Waals surface area contributed by atoms with E-state index in [1.807, 2.05) is 0 Å². The number of hydrogen-bond acceptors (Lipinski definition) is 4. The first-order valence-corrected chi connectivity index (χ1v) is 7.51. The van der Waals surface area contributed by atoms with Crippen molar-refractivity contribution in [2.75, 3.05) is 26.2 Å². The number of aliphatic carboxylic acids is 1. The number of carbonyl (C=O) groups is 2. The van der Waals surface area contributed by atoms with Gasteiger partial charge in [0.15, 0.2) is 0 Å². The summed E-state index contributed by atoms with van der Waals surface area (Å²) < 4.78 is 0. The normalized spacial score (nSPS) is 22.1. The lowest BCUT2D eigenvalue weighted by Gasteiger charge is -2.31. The molecule has 0 aromatic carbocycles. The largest absolute Gasteiger partial charge is 0.481 e.